The minimum atomic E-state index is -2.33. The first-order valence-electron chi connectivity index (χ1n) is 9.51. The van der Waals surface area contributed by atoms with Crippen molar-refractivity contribution in [3.63, 3.8) is 0 Å². The van der Waals surface area contributed by atoms with E-state index in [1.165, 1.54) is 19.3 Å². The summed E-state index contributed by atoms with van der Waals surface area (Å²) in [7, 11) is 0. The number of halogens is 2. The van der Waals surface area contributed by atoms with Crippen molar-refractivity contribution in [1.29, 1.82) is 0 Å². The molecule has 1 N–H and O–H groups in total. The van der Waals surface area contributed by atoms with E-state index < -0.39 is 6.43 Å². The fraction of sp³-hybridized carbons (Fsp3) is 0.944. The summed E-state index contributed by atoms with van der Waals surface area (Å²) in [4.78, 5) is 14.3. The van der Waals surface area contributed by atoms with E-state index in [1.807, 2.05) is 0 Å². The average molecular weight is 344 g/mol. The molecular weight excluding hydrogens is 314 g/mol. The fourth-order valence-corrected chi connectivity index (χ4v) is 4.65. The molecule has 138 valence electrons. The highest BCUT2D eigenvalue weighted by atomic mass is 19.3. The summed E-state index contributed by atoms with van der Waals surface area (Å²) in [5, 5.41) is 3.20. The van der Waals surface area contributed by atoms with Crippen LogP contribution in [0.5, 0.6) is 0 Å². The quantitative estimate of drug-likeness (QED) is 0.852. The summed E-state index contributed by atoms with van der Waals surface area (Å²) >= 11 is 0. The molecule has 1 spiro atoms. The van der Waals surface area contributed by atoms with Gasteiger partial charge in [-0.25, -0.2) is 8.78 Å². The van der Waals surface area contributed by atoms with Crippen molar-refractivity contribution in [2.24, 2.45) is 5.92 Å². The molecule has 3 aliphatic rings. The molecule has 3 rings (SSSR count). The van der Waals surface area contributed by atoms with E-state index in [9.17, 15) is 13.6 Å². The molecule has 24 heavy (non-hydrogen) atoms. The van der Waals surface area contributed by atoms with Gasteiger partial charge in [0.25, 0.3) is 6.43 Å². The molecule has 2 aliphatic heterocycles. The average Bonchev–Trinajstić information content (AvgIpc) is 2.55. The number of rotatable bonds is 4. The van der Waals surface area contributed by atoms with Crippen molar-refractivity contribution in [3.05, 3.63) is 0 Å². The van der Waals surface area contributed by atoms with Gasteiger partial charge in [-0.2, -0.15) is 0 Å². The number of hydrogen-bond acceptors (Lipinski definition) is 3. The lowest BCUT2D eigenvalue weighted by Gasteiger charge is -2.44. The lowest BCUT2D eigenvalue weighted by Crippen LogP contribution is -2.52. The third kappa shape index (κ3) is 4.66. The zero-order valence-corrected chi connectivity index (χ0v) is 14.4. The van der Waals surface area contributed by atoms with E-state index >= 15 is 0 Å². The number of nitrogens with zero attached hydrogens (tertiary/aromatic N) is 1. The molecule has 0 aromatic heterocycles. The van der Waals surface area contributed by atoms with Crippen LogP contribution in [0, 0.1) is 5.92 Å². The highest BCUT2D eigenvalue weighted by Crippen LogP contribution is 2.38. The third-order valence-corrected chi connectivity index (χ3v) is 5.88. The molecule has 2 unspecified atom stereocenters. The van der Waals surface area contributed by atoms with Gasteiger partial charge < -0.3 is 10.1 Å². The summed E-state index contributed by atoms with van der Waals surface area (Å²) < 4.78 is 31.2. The molecule has 1 amide bonds. The molecule has 1 aliphatic carbocycles. The molecular formula is C18H30F2N2O2. The Morgan fingerprint density at radius 1 is 1.21 bits per heavy atom. The SMILES string of the molecule is O=C(NC1CCOC2(CCCCC2)C1)C1CCCN(CC(F)F)C1. The van der Waals surface area contributed by atoms with Crippen LogP contribution in [0.4, 0.5) is 8.78 Å². The van der Waals surface area contributed by atoms with Gasteiger partial charge in [0.1, 0.15) is 0 Å². The minimum absolute atomic E-state index is 0.0251. The molecule has 0 aromatic carbocycles. The summed E-state index contributed by atoms with van der Waals surface area (Å²) in [5.41, 5.74) is -0.0251. The highest BCUT2D eigenvalue weighted by molar-refractivity contribution is 5.79. The topological polar surface area (TPSA) is 41.6 Å². The van der Waals surface area contributed by atoms with E-state index in [2.05, 4.69) is 5.32 Å². The van der Waals surface area contributed by atoms with Crippen molar-refractivity contribution >= 4 is 5.91 Å². The van der Waals surface area contributed by atoms with Gasteiger partial charge in [-0.15, -0.1) is 0 Å². The molecule has 3 fully saturated rings. The Bertz CT molecular complexity index is 422. The van der Waals surface area contributed by atoms with Crippen LogP contribution in [-0.2, 0) is 9.53 Å². The van der Waals surface area contributed by atoms with Gasteiger partial charge in [-0.1, -0.05) is 19.3 Å². The maximum atomic E-state index is 12.6. The Hall–Kier alpha value is -0.750. The van der Waals surface area contributed by atoms with E-state index in [4.69, 9.17) is 4.74 Å². The predicted molar refractivity (Wildman–Crippen MR) is 88.1 cm³/mol. The molecule has 0 radical (unpaired) electrons. The smallest absolute Gasteiger partial charge is 0.251 e. The monoisotopic (exact) mass is 344 g/mol. The van der Waals surface area contributed by atoms with Gasteiger partial charge in [0.2, 0.25) is 5.91 Å². The Kier molecular flexibility index (Phi) is 6.08. The van der Waals surface area contributed by atoms with E-state index in [1.54, 1.807) is 4.90 Å². The van der Waals surface area contributed by atoms with E-state index in [0.29, 0.717) is 19.7 Å². The summed E-state index contributed by atoms with van der Waals surface area (Å²) in [6.07, 6.45) is 6.99. The molecule has 2 saturated heterocycles. The Morgan fingerprint density at radius 2 is 2.00 bits per heavy atom. The molecule has 2 atom stereocenters. The van der Waals surface area contributed by atoms with Gasteiger partial charge in [0.15, 0.2) is 0 Å². The minimum Gasteiger partial charge on any atom is -0.375 e. The first kappa shape index (κ1) is 18.1. The Labute approximate surface area is 143 Å². The number of ether oxygens (including phenoxy) is 1. The molecule has 4 nitrogen and oxygen atoms in total. The van der Waals surface area contributed by atoms with Crippen LogP contribution in [0.1, 0.15) is 57.8 Å². The van der Waals surface area contributed by atoms with Crippen LogP contribution in [0.25, 0.3) is 0 Å². The highest BCUT2D eigenvalue weighted by Gasteiger charge is 2.39. The van der Waals surface area contributed by atoms with Crippen molar-refractivity contribution in [1.82, 2.24) is 10.2 Å². The van der Waals surface area contributed by atoms with Crippen molar-refractivity contribution in [2.75, 3.05) is 26.2 Å². The van der Waals surface area contributed by atoms with E-state index in [0.717, 1.165) is 38.5 Å². The number of carbonyl (C=O) groups is 1. The molecule has 0 bridgehead atoms. The number of likely N-dealkylation sites (tertiary alicyclic amines) is 1. The van der Waals surface area contributed by atoms with Gasteiger partial charge in [-0.3, -0.25) is 9.69 Å². The van der Waals surface area contributed by atoms with Crippen LogP contribution < -0.4 is 5.32 Å². The van der Waals surface area contributed by atoms with Crippen molar-refractivity contribution < 1.29 is 18.3 Å². The second-order valence-electron chi connectivity index (χ2n) is 7.78. The zero-order chi connectivity index (χ0) is 17.0. The number of carbonyl (C=O) groups excluding carboxylic acids is 1. The van der Waals surface area contributed by atoms with Gasteiger partial charge in [0.05, 0.1) is 18.1 Å². The number of amides is 1. The Morgan fingerprint density at radius 3 is 2.75 bits per heavy atom. The summed E-state index contributed by atoms with van der Waals surface area (Å²) in [6, 6.07) is 0.176. The number of hydrogen-bond donors (Lipinski definition) is 1. The first-order chi connectivity index (χ1) is 11.6. The second kappa shape index (κ2) is 8.09. The Balaban J connectivity index is 1.50. The zero-order valence-electron chi connectivity index (χ0n) is 14.4. The van der Waals surface area contributed by atoms with Gasteiger partial charge in [0, 0.05) is 19.2 Å². The van der Waals surface area contributed by atoms with Crippen molar-refractivity contribution in [2.45, 2.75) is 75.9 Å². The molecule has 1 saturated carbocycles. The van der Waals surface area contributed by atoms with E-state index in [-0.39, 0.29) is 30.0 Å². The first-order valence-corrected chi connectivity index (χ1v) is 9.51. The lowest BCUT2D eigenvalue weighted by molar-refractivity contribution is -0.133. The summed E-state index contributed by atoms with van der Waals surface area (Å²) in [6.45, 7) is 1.64. The second-order valence-corrected chi connectivity index (χ2v) is 7.78. The fourth-order valence-electron chi connectivity index (χ4n) is 4.65. The maximum absolute atomic E-state index is 12.6. The molecule has 6 heteroatoms. The van der Waals surface area contributed by atoms with Crippen LogP contribution in [0.15, 0.2) is 0 Å². The van der Waals surface area contributed by atoms with Crippen LogP contribution in [0.3, 0.4) is 0 Å². The van der Waals surface area contributed by atoms with Crippen molar-refractivity contribution in [3.8, 4) is 0 Å². The molecule has 0 aromatic rings. The maximum Gasteiger partial charge on any atom is 0.251 e. The lowest BCUT2D eigenvalue weighted by atomic mass is 9.78. The third-order valence-electron chi connectivity index (χ3n) is 5.88. The van der Waals surface area contributed by atoms with Crippen LogP contribution >= 0.6 is 0 Å². The normalized spacial score (nSPS) is 31.3. The summed E-state index contributed by atoms with van der Waals surface area (Å²) in [5.74, 6) is -0.102. The standard InChI is InChI=1S/C18H30F2N2O2/c19-16(20)13-22-9-4-5-14(12-22)17(23)21-15-6-10-24-18(11-15)7-2-1-3-8-18/h14-16H,1-13H2,(H,21,23). The predicted octanol–water partition coefficient (Wildman–Crippen LogP) is 2.96. The van der Waals surface area contributed by atoms with Crippen LogP contribution in [-0.4, -0.2) is 55.1 Å². The van der Waals surface area contributed by atoms with Gasteiger partial charge in [-0.05, 0) is 45.1 Å². The number of piperidine rings is 1. The largest absolute Gasteiger partial charge is 0.375 e. The number of nitrogens with one attached hydrogen (secondary N) is 1. The molecule has 2 heterocycles. The number of alkyl halides is 2. The van der Waals surface area contributed by atoms with Gasteiger partial charge >= 0.3 is 0 Å². The van der Waals surface area contributed by atoms with Crippen LogP contribution in [0.2, 0.25) is 0 Å².